The predicted molar refractivity (Wildman–Crippen MR) is 57.6 cm³/mol. The lowest BCUT2D eigenvalue weighted by Gasteiger charge is -2.21. The first-order chi connectivity index (χ1) is 5.94. The van der Waals surface area contributed by atoms with Crippen molar-refractivity contribution in [3.63, 3.8) is 0 Å². The van der Waals surface area contributed by atoms with Crippen LogP contribution in [0.4, 0.5) is 0 Å². The molecule has 74 valence electrons. The summed E-state index contributed by atoms with van der Waals surface area (Å²) >= 11 is 1.36. The van der Waals surface area contributed by atoms with Gasteiger partial charge in [-0.2, -0.15) is 0 Å². The number of esters is 1. The van der Waals surface area contributed by atoms with Crippen LogP contribution >= 0.6 is 11.8 Å². The molecule has 0 bridgehead atoms. The first-order valence-corrected chi connectivity index (χ1v) is 4.93. The second-order valence-corrected chi connectivity index (χ2v) is 4.75. The summed E-state index contributed by atoms with van der Waals surface area (Å²) in [7, 11) is 0. The molecule has 0 aliphatic carbocycles. The Morgan fingerprint density at radius 3 is 2.54 bits per heavy atom. The summed E-state index contributed by atoms with van der Waals surface area (Å²) in [5.74, 6) is -0.219. The van der Waals surface area contributed by atoms with Crippen molar-refractivity contribution in [2.75, 3.05) is 6.61 Å². The van der Waals surface area contributed by atoms with E-state index in [-0.39, 0.29) is 5.97 Å². The van der Waals surface area contributed by atoms with Crippen LogP contribution in [0.5, 0.6) is 0 Å². The van der Waals surface area contributed by atoms with Gasteiger partial charge in [0.25, 0.3) is 0 Å². The number of ether oxygens (including phenoxy) is 1. The Hall–Kier alpha value is -0.700. The van der Waals surface area contributed by atoms with E-state index >= 15 is 0 Å². The Bertz CT molecular complexity index is 219. The molecule has 0 fully saturated rings. The van der Waals surface area contributed by atoms with E-state index in [1.807, 2.05) is 13.8 Å². The van der Waals surface area contributed by atoms with E-state index in [1.54, 1.807) is 13.0 Å². The first kappa shape index (κ1) is 12.3. The molecule has 0 saturated heterocycles. The lowest BCUT2D eigenvalue weighted by atomic mass is 10.2. The second kappa shape index (κ2) is 5.12. The normalized spacial score (nSPS) is 10.7. The molecule has 0 aromatic heterocycles. The fourth-order valence-corrected chi connectivity index (χ4v) is 1.60. The molecule has 0 radical (unpaired) electrons. The highest BCUT2D eigenvalue weighted by Gasteiger charge is 2.30. The van der Waals surface area contributed by atoms with E-state index in [4.69, 9.17) is 4.74 Å². The minimum atomic E-state index is -0.582. The highest BCUT2D eigenvalue weighted by Crippen LogP contribution is 2.32. The van der Waals surface area contributed by atoms with Crippen molar-refractivity contribution in [2.45, 2.75) is 25.5 Å². The van der Waals surface area contributed by atoms with Gasteiger partial charge in [-0.15, -0.1) is 11.8 Å². The molecule has 0 spiro atoms. The average Bonchev–Trinajstić information content (AvgIpc) is 2.04. The van der Waals surface area contributed by atoms with Crippen LogP contribution in [0, 0.1) is 0 Å². The summed E-state index contributed by atoms with van der Waals surface area (Å²) in [5, 5.41) is 0. The smallest absolute Gasteiger partial charge is 0.321 e. The van der Waals surface area contributed by atoms with Crippen LogP contribution in [0.3, 0.4) is 0 Å². The number of rotatable bonds is 5. The minimum Gasteiger partial charge on any atom is -0.465 e. The summed E-state index contributed by atoms with van der Waals surface area (Å²) in [6, 6.07) is 0. The molecule has 0 aromatic rings. The van der Waals surface area contributed by atoms with E-state index in [0.29, 0.717) is 6.61 Å². The number of allylic oxidation sites excluding steroid dienone is 1. The quantitative estimate of drug-likeness (QED) is 0.504. The first-order valence-electron chi connectivity index (χ1n) is 4.11. The number of hydrogen-bond acceptors (Lipinski definition) is 3. The molecular weight excluding hydrogens is 184 g/mol. The van der Waals surface area contributed by atoms with Crippen LogP contribution in [0.2, 0.25) is 0 Å². The zero-order valence-electron chi connectivity index (χ0n) is 8.42. The minimum absolute atomic E-state index is 0.219. The zero-order valence-corrected chi connectivity index (χ0v) is 9.24. The van der Waals surface area contributed by atoms with Gasteiger partial charge in [0, 0.05) is 4.91 Å². The molecule has 0 unspecified atom stereocenters. The second-order valence-electron chi connectivity index (χ2n) is 3.00. The summed E-state index contributed by atoms with van der Waals surface area (Å²) < 4.78 is 4.33. The number of carbonyl (C=O) groups excluding carboxylic acids is 1. The average molecular weight is 200 g/mol. The largest absolute Gasteiger partial charge is 0.465 e. The lowest BCUT2D eigenvalue weighted by molar-refractivity contribution is -0.145. The predicted octanol–water partition coefficient (Wildman–Crippen LogP) is 2.76. The van der Waals surface area contributed by atoms with Crippen molar-refractivity contribution in [3.8, 4) is 0 Å². The number of hydrogen-bond donors (Lipinski definition) is 0. The summed E-state index contributed by atoms with van der Waals surface area (Å²) in [6.07, 6.45) is 1.63. The molecular formula is C10H16O2S. The van der Waals surface area contributed by atoms with Crippen molar-refractivity contribution in [3.05, 3.63) is 24.1 Å². The Balaban J connectivity index is 4.29. The Labute approximate surface area is 84.0 Å². The van der Waals surface area contributed by atoms with Gasteiger partial charge in [0.2, 0.25) is 0 Å². The Morgan fingerprint density at radius 2 is 2.15 bits per heavy atom. The van der Waals surface area contributed by atoms with Gasteiger partial charge in [-0.05, 0) is 20.8 Å². The highest BCUT2D eigenvalue weighted by atomic mass is 32.2. The van der Waals surface area contributed by atoms with E-state index in [9.17, 15) is 4.79 Å². The molecule has 0 rings (SSSR count). The van der Waals surface area contributed by atoms with Crippen molar-refractivity contribution in [1.29, 1.82) is 0 Å². The maximum atomic E-state index is 11.4. The van der Waals surface area contributed by atoms with E-state index in [0.717, 1.165) is 4.91 Å². The SMILES string of the molecule is C=CC(=C)SC(C)(C)C(=O)OCC. The van der Waals surface area contributed by atoms with Crippen LogP contribution < -0.4 is 0 Å². The number of carbonyl (C=O) groups is 1. The topological polar surface area (TPSA) is 26.3 Å². The van der Waals surface area contributed by atoms with Crippen LogP contribution in [0.25, 0.3) is 0 Å². The Morgan fingerprint density at radius 1 is 1.62 bits per heavy atom. The van der Waals surface area contributed by atoms with Crippen molar-refractivity contribution < 1.29 is 9.53 Å². The fourth-order valence-electron chi connectivity index (χ4n) is 0.716. The molecule has 13 heavy (non-hydrogen) atoms. The summed E-state index contributed by atoms with van der Waals surface area (Å²) in [5.41, 5.74) is 0. The maximum absolute atomic E-state index is 11.4. The lowest BCUT2D eigenvalue weighted by Crippen LogP contribution is -2.29. The monoisotopic (exact) mass is 200 g/mol. The highest BCUT2D eigenvalue weighted by molar-refractivity contribution is 8.05. The zero-order chi connectivity index (χ0) is 10.5. The summed E-state index contributed by atoms with van der Waals surface area (Å²) in [6.45, 7) is 13.1. The molecule has 0 atom stereocenters. The van der Waals surface area contributed by atoms with Gasteiger partial charge in [-0.3, -0.25) is 4.79 Å². The van der Waals surface area contributed by atoms with Crippen LogP contribution in [0.15, 0.2) is 24.1 Å². The van der Waals surface area contributed by atoms with E-state index in [2.05, 4.69) is 13.2 Å². The molecule has 0 aromatic carbocycles. The van der Waals surface area contributed by atoms with Crippen molar-refractivity contribution in [2.24, 2.45) is 0 Å². The maximum Gasteiger partial charge on any atom is 0.321 e. The molecule has 2 nitrogen and oxygen atoms in total. The standard InChI is InChI=1S/C10H16O2S/c1-6-8(3)13-10(4,5)9(11)12-7-2/h6H,1,3,7H2,2,4-5H3. The molecule has 0 amide bonds. The van der Waals surface area contributed by atoms with Gasteiger partial charge >= 0.3 is 5.97 Å². The van der Waals surface area contributed by atoms with Gasteiger partial charge in [0.15, 0.2) is 0 Å². The third-order valence-electron chi connectivity index (χ3n) is 1.38. The molecule has 0 heterocycles. The van der Waals surface area contributed by atoms with Crippen LogP contribution in [-0.2, 0) is 9.53 Å². The van der Waals surface area contributed by atoms with Gasteiger partial charge in [0.1, 0.15) is 4.75 Å². The van der Waals surface area contributed by atoms with E-state index < -0.39 is 4.75 Å². The molecule has 0 saturated carbocycles. The van der Waals surface area contributed by atoms with Gasteiger partial charge < -0.3 is 4.74 Å². The van der Waals surface area contributed by atoms with Crippen molar-refractivity contribution >= 4 is 17.7 Å². The van der Waals surface area contributed by atoms with Crippen LogP contribution in [0.1, 0.15) is 20.8 Å². The van der Waals surface area contributed by atoms with Gasteiger partial charge in [-0.1, -0.05) is 19.2 Å². The molecule has 3 heteroatoms. The third-order valence-corrected chi connectivity index (χ3v) is 2.49. The summed E-state index contributed by atoms with van der Waals surface area (Å²) in [4.78, 5) is 12.2. The molecule has 0 N–H and O–H groups in total. The molecule has 0 aliphatic rings. The Kier molecular flexibility index (Phi) is 4.85. The van der Waals surface area contributed by atoms with Crippen molar-refractivity contribution in [1.82, 2.24) is 0 Å². The van der Waals surface area contributed by atoms with Gasteiger partial charge in [-0.25, -0.2) is 0 Å². The fraction of sp³-hybridized carbons (Fsp3) is 0.500. The van der Waals surface area contributed by atoms with Gasteiger partial charge in [0.05, 0.1) is 6.61 Å². The third kappa shape index (κ3) is 4.18. The molecule has 0 aliphatic heterocycles. The van der Waals surface area contributed by atoms with E-state index in [1.165, 1.54) is 11.8 Å². The van der Waals surface area contributed by atoms with Crippen LogP contribution in [-0.4, -0.2) is 17.3 Å². The number of thioether (sulfide) groups is 1.